The van der Waals surface area contributed by atoms with E-state index in [4.69, 9.17) is 14.2 Å². The van der Waals surface area contributed by atoms with Crippen molar-refractivity contribution in [2.45, 2.75) is 132 Å². The fraction of sp³-hybridized carbons (Fsp3) is 0.738. The lowest BCUT2D eigenvalue weighted by Gasteiger charge is -2.72. The standard InChI is InChI=1S/C42H62O9/c1-10-13-32(45)49-24-39(7)28-18-21-40(8)29(38(28,6)20-19-30(39)43)17-16-26-27-22-37(4,5)36(51-34(47)15-12-3)35(48)42(27,25-50-33(46)14-11-2)31(44)23-41(26,40)9/h10-16,27-31,35-36,43-44,48H,17-25H2,1-9H3/t27?,28?,29?,30-,31+,35-,36-,38-,39+,40+,41+,42-/m0/s1. The fourth-order valence-electron chi connectivity index (χ4n) is 12.2. The highest BCUT2D eigenvalue weighted by Crippen LogP contribution is 2.76. The van der Waals surface area contributed by atoms with E-state index in [2.05, 4.69) is 33.8 Å². The molecule has 0 radical (unpaired) electrons. The second-order valence-corrected chi connectivity index (χ2v) is 18.0. The minimum absolute atomic E-state index is 0.116. The van der Waals surface area contributed by atoms with Crippen LogP contribution in [-0.2, 0) is 28.6 Å². The Morgan fingerprint density at radius 1 is 0.765 bits per heavy atom. The molecule has 0 aromatic carbocycles. The van der Waals surface area contributed by atoms with Crippen LogP contribution in [0.25, 0.3) is 0 Å². The zero-order valence-electron chi connectivity index (χ0n) is 32.2. The molecule has 51 heavy (non-hydrogen) atoms. The smallest absolute Gasteiger partial charge is 0.330 e. The zero-order valence-corrected chi connectivity index (χ0v) is 32.2. The van der Waals surface area contributed by atoms with Gasteiger partial charge in [-0.25, -0.2) is 14.4 Å². The second kappa shape index (κ2) is 13.9. The number of hydrogen-bond acceptors (Lipinski definition) is 9. The average molecular weight is 711 g/mol. The average Bonchev–Trinajstić information content (AvgIpc) is 3.04. The Hall–Kier alpha value is -2.75. The van der Waals surface area contributed by atoms with Crippen molar-refractivity contribution in [2.24, 2.45) is 50.2 Å². The maximum atomic E-state index is 12.8. The molecule has 4 saturated carbocycles. The van der Waals surface area contributed by atoms with Crippen LogP contribution in [0.3, 0.4) is 0 Å². The van der Waals surface area contributed by atoms with Crippen LogP contribution in [0.1, 0.15) is 107 Å². The molecular weight excluding hydrogens is 648 g/mol. The summed E-state index contributed by atoms with van der Waals surface area (Å²) in [6.45, 7) is 18.2. The van der Waals surface area contributed by atoms with E-state index in [1.807, 2.05) is 13.8 Å². The van der Waals surface area contributed by atoms with Crippen molar-refractivity contribution in [2.75, 3.05) is 13.2 Å². The molecule has 4 fully saturated rings. The lowest BCUT2D eigenvalue weighted by molar-refractivity contribution is -0.263. The highest BCUT2D eigenvalue weighted by atomic mass is 16.6. The number of carbonyl (C=O) groups excluding carboxylic acids is 3. The molecule has 5 aliphatic rings. The number of allylic oxidation sites excluding steroid dienone is 5. The molecule has 284 valence electrons. The third-order valence-electron chi connectivity index (χ3n) is 15.0. The van der Waals surface area contributed by atoms with Crippen molar-refractivity contribution >= 4 is 17.9 Å². The van der Waals surface area contributed by atoms with Crippen LogP contribution in [0.2, 0.25) is 0 Å². The summed E-state index contributed by atoms with van der Waals surface area (Å²) in [4.78, 5) is 38.0. The molecule has 0 saturated heterocycles. The highest BCUT2D eigenvalue weighted by molar-refractivity contribution is 5.82. The molecule has 5 rings (SSSR count). The van der Waals surface area contributed by atoms with Crippen LogP contribution in [0.5, 0.6) is 0 Å². The lowest BCUT2D eigenvalue weighted by atomic mass is 9.33. The summed E-state index contributed by atoms with van der Waals surface area (Å²) >= 11 is 0. The minimum atomic E-state index is -1.30. The third-order valence-corrected chi connectivity index (χ3v) is 15.0. The largest absolute Gasteiger partial charge is 0.462 e. The molecule has 0 spiro atoms. The van der Waals surface area contributed by atoms with Gasteiger partial charge in [0.05, 0.1) is 24.2 Å². The topological polar surface area (TPSA) is 140 Å². The molecular formula is C42H62O9. The molecule has 9 heteroatoms. The summed E-state index contributed by atoms with van der Waals surface area (Å²) in [5.74, 6) is -1.53. The van der Waals surface area contributed by atoms with E-state index in [1.165, 1.54) is 23.8 Å². The molecule has 0 aromatic rings. The number of hydrogen-bond donors (Lipinski definition) is 3. The van der Waals surface area contributed by atoms with Gasteiger partial charge in [0.25, 0.3) is 0 Å². The Morgan fingerprint density at radius 2 is 1.35 bits per heavy atom. The van der Waals surface area contributed by atoms with E-state index < -0.39 is 64.0 Å². The summed E-state index contributed by atoms with van der Waals surface area (Å²) in [7, 11) is 0. The number of aliphatic hydroxyl groups excluding tert-OH is 3. The van der Waals surface area contributed by atoms with E-state index in [0.29, 0.717) is 19.3 Å². The monoisotopic (exact) mass is 710 g/mol. The van der Waals surface area contributed by atoms with Gasteiger partial charge >= 0.3 is 17.9 Å². The van der Waals surface area contributed by atoms with Crippen LogP contribution in [0.4, 0.5) is 0 Å². The first-order valence-corrected chi connectivity index (χ1v) is 19.0. The molecule has 0 heterocycles. The molecule has 0 bridgehead atoms. The predicted octanol–water partition coefficient (Wildman–Crippen LogP) is 6.41. The van der Waals surface area contributed by atoms with Gasteiger partial charge in [-0.05, 0) is 99.7 Å². The van der Waals surface area contributed by atoms with Gasteiger partial charge in [0.1, 0.15) is 18.8 Å². The van der Waals surface area contributed by atoms with E-state index in [-0.39, 0.29) is 41.8 Å². The highest BCUT2D eigenvalue weighted by Gasteiger charge is 2.73. The lowest BCUT2D eigenvalue weighted by Crippen LogP contribution is -2.72. The second-order valence-electron chi connectivity index (χ2n) is 18.0. The van der Waals surface area contributed by atoms with Gasteiger partial charge in [-0.3, -0.25) is 0 Å². The summed E-state index contributed by atoms with van der Waals surface area (Å²) in [6.07, 6.45) is 12.2. The Bertz CT molecular complexity index is 1490. The van der Waals surface area contributed by atoms with Crippen LogP contribution < -0.4 is 0 Å². The number of rotatable bonds is 8. The van der Waals surface area contributed by atoms with Gasteiger partial charge in [-0.2, -0.15) is 0 Å². The van der Waals surface area contributed by atoms with Gasteiger partial charge in [0, 0.05) is 29.1 Å². The van der Waals surface area contributed by atoms with Crippen molar-refractivity contribution in [1.82, 2.24) is 0 Å². The number of fused-ring (bicyclic) bond motifs is 7. The SMILES string of the molecule is CC=CC(=O)OC[C@@]12C(CC(C)(C)[C@@H](OC(=O)C=CC)[C@@H]1O)C1=CCC3[C@@]4(C)CC[C@H](O)[C@](C)(COC(=O)C=CC)C4CC[C@@]3(C)[C@]1(C)C[C@H]2O. The molecule has 9 nitrogen and oxygen atoms in total. The molecule has 5 aliphatic carbocycles. The molecule has 3 unspecified atom stereocenters. The van der Waals surface area contributed by atoms with Crippen LogP contribution in [0.15, 0.2) is 48.1 Å². The first-order valence-electron chi connectivity index (χ1n) is 19.0. The van der Waals surface area contributed by atoms with Gasteiger partial charge in [0.15, 0.2) is 0 Å². The molecule has 0 aliphatic heterocycles. The van der Waals surface area contributed by atoms with E-state index in [9.17, 15) is 29.7 Å². The third kappa shape index (κ3) is 6.07. The van der Waals surface area contributed by atoms with E-state index in [0.717, 1.165) is 25.7 Å². The van der Waals surface area contributed by atoms with E-state index in [1.54, 1.807) is 39.0 Å². The maximum absolute atomic E-state index is 12.8. The van der Waals surface area contributed by atoms with Gasteiger partial charge < -0.3 is 29.5 Å². The summed E-state index contributed by atoms with van der Waals surface area (Å²) in [5, 5.41) is 36.4. The maximum Gasteiger partial charge on any atom is 0.330 e. The molecule has 12 atom stereocenters. The van der Waals surface area contributed by atoms with Crippen molar-refractivity contribution in [3.63, 3.8) is 0 Å². The Labute approximate surface area is 304 Å². The first kappa shape index (κ1) is 39.5. The molecule has 0 amide bonds. The number of aliphatic hydroxyl groups is 3. The quantitative estimate of drug-likeness (QED) is 0.113. The summed E-state index contributed by atoms with van der Waals surface area (Å²) < 4.78 is 17.5. The molecule has 3 N–H and O–H groups in total. The fourth-order valence-corrected chi connectivity index (χ4v) is 12.2. The van der Waals surface area contributed by atoms with Gasteiger partial charge in [-0.15, -0.1) is 0 Å². The predicted molar refractivity (Wildman–Crippen MR) is 194 cm³/mol. The van der Waals surface area contributed by atoms with Gasteiger partial charge in [-0.1, -0.05) is 71.4 Å². The normalized spacial score (nSPS) is 44.5. The number of esters is 3. The summed E-state index contributed by atoms with van der Waals surface area (Å²) in [6, 6.07) is 0. The van der Waals surface area contributed by atoms with Crippen LogP contribution in [0, 0.1) is 50.2 Å². The van der Waals surface area contributed by atoms with Crippen LogP contribution >= 0.6 is 0 Å². The van der Waals surface area contributed by atoms with Crippen molar-refractivity contribution in [3.05, 3.63) is 48.1 Å². The van der Waals surface area contributed by atoms with E-state index >= 15 is 0 Å². The Balaban J connectivity index is 1.58. The summed E-state index contributed by atoms with van der Waals surface area (Å²) in [5.41, 5.74) is -2.26. The van der Waals surface area contributed by atoms with Crippen molar-refractivity contribution in [3.8, 4) is 0 Å². The Kier molecular flexibility index (Phi) is 10.8. The zero-order chi connectivity index (χ0) is 37.8. The van der Waals surface area contributed by atoms with Gasteiger partial charge in [0.2, 0.25) is 0 Å². The Morgan fingerprint density at radius 3 is 1.96 bits per heavy atom. The minimum Gasteiger partial charge on any atom is -0.462 e. The van der Waals surface area contributed by atoms with Crippen LogP contribution in [-0.4, -0.2) is 70.9 Å². The molecule has 0 aromatic heterocycles. The van der Waals surface area contributed by atoms with Crippen molar-refractivity contribution in [1.29, 1.82) is 0 Å². The first-order chi connectivity index (χ1) is 23.8. The van der Waals surface area contributed by atoms with Crippen molar-refractivity contribution < 1.29 is 43.9 Å². The number of carbonyl (C=O) groups is 3. The number of ether oxygens (including phenoxy) is 3.